The second-order valence-electron chi connectivity index (χ2n) is 3.81. The van der Waals surface area contributed by atoms with Crippen molar-refractivity contribution in [3.8, 4) is 5.75 Å². The fourth-order valence-electron chi connectivity index (χ4n) is 2.00. The van der Waals surface area contributed by atoms with Crippen molar-refractivity contribution in [2.75, 3.05) is 20.7 Å². The first-order valence-corrected chi connectivity index (χ1v) is 5.36. The van der Waals surface area contributed by atoms with Crippen LogP contribution in [0.25, 0.3) is 5.57 Å². The molecule has 2 rings (SSSR count). The van der Waals surface area contributed by atoms with Gasteiger partial charge in [0.25, 0.3) is 0 Å². The number of ether oxygens (including phenoxy) is 1. The second kappa shape index (κ2) is 4.49. The highest BCUT2D eigenvalue weighted by molar-refractivity contribution is 5.74. The predicted molar refractivity (Wildman–Crippen MR) is 63.2 cm³/mol. The summed E-state index contributed by atoms with van der Waals surface area (Å²) in [6, 6.07) is 6.34. The first kappa shape index (κ1) is 10.2. The smallest absolute Gasteiger partial charge is 0.119 e. The largest absolute Gasteiger partial charge is 0.497 e. The average molecular weight is 203 g/mol. The molecule has 0 unspecified atom stereocenters. The van der Waals surface area contributed by atoms with Crippen molar-refractivity contribution in [3.63, 3.8) is 0 Å². The highest BCUT2D eigenvalue weighted by Gasteiger charge is 2.13. The lowest BCUT2D eigenvalue weighted by molar-refractivity contribution is 0.414. The molecule has 0 spiro atoms. The monoisotopic (exact) mass is 203 g/mol. The molecule has 1 aliphatic rings. The Morgan fingerprint density at radius 3 is 3.00 bits per heavy atom. The van der Waals surface area contributed by atoms with Gasteiger partial charge in [-0.25, -0.2) is 0 Å². The summed E-state index contributed by atoms with van der Waals surface area (Å²) in [6.07, 6.45) is 4.48. The zero-order chi connectivity index (χ0) is 10.7. The van der Waals surface area contributed by atoms with E-state index in [9.17, 15) is 0 Å². The summed E-state index contributed by atoms with van der Waals surface area (Å²) in [5, 5.41) is 3.18. The summed E-state index contributed by atoms with van der Waals surface area (Å²) >= 11 is 0. The third kappa shape index (κ3) is 2.05. The van der Waals surface area contributed by atoms with E-state index < -0.39 is 0 Å². The normalized spacial score (nSPS) is 13.6. The maximum Gasteiger partial charge on any atom is 0.119 e. The van der Waals surface area contributed by atoms with Gasteiger partial charge in [0.1, 0.15) is 5.75 Å². The number of methoxy groups -OCH3 is 1. The topological polar surface area (TPSA) is 21.3 Å². The molecule has 0 saturated heterocycles. The SMILES string of the molecule is CNCCC1=CCc2ccc(OC)cc21. The van der Waals surface area contributed by atoms with Crippen LogP contribution in [0.3, 0.4) is 0 Å². The van der Waals surface area contributed by atoms with E-state index in [1.165, 1.54) is 16.7 Å². The Kier molecular flexibility index (Phi) is 3.07. The van der Waals surface area contributed by atoms with Crippen molar-refractivity contribution in [2.45, 2.75) is 12.8 Å². The highest BCUT2D eigenvalue weighted by atomic mass is 16.5. The van der Waals surface area contributed by atoms with Crippen LogP contribution in [0, 0.1) is 0 Å². The minimum absolute atomic E-state index is 0.950. The molecule has 0 amide bonds. The number of fused-ring (bicyclic) bond motifs is 1. The van der Waals surface area contributed by atoms with Crippen LogP contribution >= 0.6 is 0 Å². The molecule has 0 fully saturated rings. The Morgan fingerprint density at radius 2 is 2.27 bits per heavy atom. The summed E-state index contributed by atoms with van der Waals surface area (Å²) in [5.74, 6) is 0.950. The minimum Gasteiger partial charge on any atom is -0.497 e. The van der Waals surface area contributed by atoms with E-state index in [1.807, 2.05) is 13.1 Å². The van der Waals surface area contributed by atoms with Crippen LogP contribution in [-0.4, -0.2) is 20.7 Å². The molecule has 15 heavy (non-hydrogen) atoms. The fourth-order valence-corrected chi connectivity index (χ4v) is 2.00. The second-order valence-corrected chi connectivity index (χ2v) is 3.81. The zero-order valence-electron chi connectivity index (χ0n) is 9.34. The van der Waals surface area contributed by atoms with E-state index in [4.69, 9.17) is 4.74 Å². The third-order valence-corrected chi connectivity index (χ3v) is 2.88. The molecule has 0 radical (unpaired) electrons. The Bertz CT molecular complexity index is 382. The minimum atomic E-state index is 0.950. The van der Waals surface area contributed by atoms with Gasteiger partial charge in [-0.3, -0.25) is 0 Å². The Hall–Kier alpha value is -1.28. The van der Waals surface area contributed by atoms with Gasteiger partial charge in [-0.15, -0.1) is 0 Å². The first-order valence-electron chi connectivity index (χ1n) is 5.36. The molecule has 0 bridgehead atoms. The van der Waals surface area contributed by atoms with E-state index >= 15 is 0 Å². The van der Waals surface area contributed by atoms with Crippen molar-refractivity contribution in [2.24, 2.45) is 0 Å². The van der Waals surface area contributed by atoms with Gasteiger partial charge in [-0.1, -0.05) is 12.1 Å². The van der Waals surface area contributed by atoms with Gasteiger partial charge in [0, 0.05) is 0 Å². The number of rotatable bonds is 4. The molecule has 2 nitrogen and oxygen atoms in total. The lowest BCUT2D eigenvalue weighted by Crippen LogP contribution is -2.07. The molecular formula is C13H17NO. The van der Waals surface area contributed by atoms with Crippen LogP contribution < -0.4 is 10.1 Å². The quantitative estimate of drug-likeness (QED) is 0.810. The third-order valence-electron chi connectivity index (χ3n) is 2.88. The van der Waals surface area contributed by atoms with E-state index in [-0.39, 0.29) is 0 Å². The average Bonchev–Trinajstić information content (AvgIpc) is 2.68. The predicted octanol–water partition coefficient (Wildman–Crippen LogP) is 2.24. The number of benzene rings is 1. The Balaban J connectivity index is 2.21. The van der Waals surface area contributed by atoms with Gasteiger partial charge in [0.15, 0.2) is 0 Å². The van der Waals surface area contributed by atoms with Crippen LogP contribution in [0.15, 0.2) is 24.3 Å². The van der Waals surface area contributed by atoms with Crippen molar-refractivity contribution < 1.29 is 4.74 Å². The standard InChI is InChI=1S/C13H17NO/c1-14-8-7-11-4-3-10-5-6-12(15-2)9-13(10)11/h4-6,9,14H,3,7-8H2,1-2H3. The number of hydrogen-bond donors (Lipinski definition) is 1. The molecule has 2 heteroatoms. The Labute approximate surface area is 91.0 Å². The molecule has 1 aromatic rings. The van der Waals surface area contributed by atoms with E-state index in [0.717, 1.165) is 25.1 Å². The van der Waals surface area contributed by atoms with Crippen molar-refractivity contribution in [1.29, 1.82) is 0 Å². The van der Waals surface area contributed by atoms with Gasteiger partial charge >= 0.3 is 0 Å². The van der Waals surface area contributed by atoms with Gasteiger partial charge < -0.3 is 10.1 Å². The lowest BCUT2D eigenvalue weighted by Gasteiger charge is -2.07. The zero-order valence-corrected chi connectivity index (χ0v) is 9.34. The molecule has 0 saturated carbocycles. The van der Waals surface area contributed by atoms with Crippen LogP contribution in [-0.2, 0) is 6.42 Å². The maximum atomic E-state index is 5.25. The van der Waals surface area contributed by atoms with Gasteiger partial charge in [0.05, 0.1) is 7.11 Å². The van der Waals surface area contributed by atoms with E-state index in [2.05, 4.69) is 23.5 Å². The van der Waals surface area contributed by atoms with E-state index in [1.54, 1.807) is 7.11 Å². The summed E-state index contributed by atoms with van der Waals surface area (Å²) in [5.41, 5.74) is 4.23. The maximum absolute atomic E-state index is 5.25. The summed E-state index contributed by atoms with van der Waals surface area (Å²) in [7, 11) is 3.70. The van der Waals surface area contributed by atoms with E-state index in [0.29, 0.717) is 0 Å². The molecular weight excluding hydrogens is 186 g/mol. The molecule has 0 heterocycles. The van der Waals surface area contributed by atoms with Gasteiger partial charge in [-0.05, 0) is 55.3 Å². The molecule has 1 N–H and O–H groups in total. The van der Waals surface area contributed by atoms with Crippen molar-refractivity contribution >= 4 is 5.57 Å². The van der Waals surface area contributed by atoms with Crippen molar-refractivity contribution in [1.82, 2.24) is 5.32 Å². The first-order chi connectivity index (χ1) is 7.35. The fraction of sp³-hybridized carbons (Fsp3) is 0.385. The number of allylic oxidation sites excluding steroid dienone is 1. The van der Waals surface area contributed by atoms with Crippen LogP contribution in [0.2, 0.25) is 0 Å². The lowest BCUT2D eigenvalue weighted by atomic mass is 10.0. The van der Waals surface area contributed by atoms with Gasteiger partial charge in [0.2, 0.25) is 0 Å². The number of hydrogen-bond acceptors (Lipinski definition) is 2. The molecule has 0 atom stereocenters. The molecule has 80 valence electrons. The summed E-state index contributed by atoms with van der Waals surface area (Å²) in [6.45, 7) is 1.03. The van der Waals surface area contributed by atoms with Crippen molar-refractivity contribution in [3.05, 3.63) is 35.4 Å². The summed E-state index contributed by atoms with van der Waals surface area (Å²) in [4.78, 5) is 0. The van der Waals surface area contributed by atoms with Gasteiger partial charge in [-0.2, -0.15) is 0 Å². The molecule has 0 aromatic heterocycles. The van der Waals surface area contributed by atoms with Crippen LogP contribution in [0.1, 0.15) is 17.5 Å². The Morgan fingerprint density at radius 1 is 1.40 bits per heavy atom. The molecule has 0 aliphatic heterocycles. The molecule has 1 aromatic carbocycles. The van der Waals surface area contributed by atoms with Crippen LogP contribution in [0.4, 0.5) is 0 Å². The van der Waals surface area contributed by atoms with Crippen LogP contribution in [0.5, 0.6) is 5.75 Å². The highest BCUT2D eigenvalue weighted by Crippen LogP contribution is 2.32. The summed E-state index contributed by atoms with van der Waals surface area (Å²) < 4.78 is 5.25. The number of nitrogens with one attached hydrogen (secondary N) is 1. The molecule has 1 aliphatic carbocycles.